The van der Waals surface area contributed by atoms with Crippen LogP contribution < -0.4 is 5.14 Å². The molecule has 0 aliphatic carbocycles. The van der Waals surface area contributed by atoms with Crippen LogP contribution in [-0.2, 0) is 14.8 Å². The second-order valence-corrected chi connectivity index (χ2v) is 5.24. The monoisotopic (exact) mass is 257 g/mol. The van der Waals surface area contributed by atoms with Crippen LogP contribution in [0, 0.1) is 13.8 Å². The van der Waals surface area contributed by atoms with Crippen LogP contribution in [0.15, 0.2) is 17.0 Å². The van der Waals surface area contributed by atoms with Gasteiger partial charge in [0.25, 0.3) is 0 Å². The Labute approximate surface area is 101 Å². The maximum atomic E-state index is 11.6. The van der Waals surface area contributed by atoms with E-state index in [4.69, 9.17) is 9.88 Å². The van der Waals surface area contributed by atoms with E-state index in [1.54, 1.807) is 20.8 Å². The third-order valence-corrected chi connectivity index (χ3v) is 3.36. The highest BCUT2D eigenvalue weighted by molar-refractivity contribution is 7.89. The Morgan fingerprint density at radius 2 is 1.94 bits per heavy atom. The molecule has 0 amide bonds. The number of nitrogens with two attached hydrogens (primary N) is 1. The van der Waals surface area contributed by atoms with E-state index in [0.717, 1.165) is 0 Å². The number of aryl methyl sites for hydroxylation is 1. The molecule has 1 rings (SSSR count). The Morgan fingerprint density at radius 1 is 1.35 bits per heavy atom. The first kappa shape index (κ1) is 13.7. The van der Waals surface area contributed by atoms with Gasteiger partial charge in [0.2, 0.25) is 10.0 Å². The lowest BCUT2D eigenvalue weighted by molar-refractivity contribution is 0.0525. The summed E-state index contributed by atoms with van der Waals surface area (Å²) in [4.78, 5) is 11.6. The van der Waals surface area contributed by atoms with Crippen molar-refractivity contribution < 1.29 is 17.9 Å². The molecule has 0 unspecified atom stereocenters. The van der Waals surface area contributed by atoms with Crippen LogP contribution in [0.25, 0.3) is 0 Å². The van der Waals surface area contributed by atoms with Gasteiger partial charge in [-0.3, -0.25) is 0 Å². The molecule has 0 aliphatic heterocycles. The van der Waals surface area contributed by atoms with Crippen LogP contribution in [0.4, 0.5) is 0 Å². The molecule has 6 heteroatoms. The summed E-state index contributed by atoms with van der Waals surface area (Å²) >= 11 is 0. The molecule has 0 fully saturated rings. The normalized spacial score (nSPS) is 11.3. The second-order valence-electron chi connectivity index (χ2n) is 3.68. The number of carbonyl (C=O) groups is 1. The number of rotatable bonds is 3. The highest BCUT2D eigenvalue weighted by Gasteiger charge is 2.17. The van der Waals surface area contributed by atoms with Crippen molar-refractivity contribution in [3.05, 3.63) is 28.8 Å². The Hall–Kier alpha value is -1.40. The van der Waals surface area contributed by atoms with Crippen molar-refractivity contribution in [1.29, 1.82) is 0 Å². The van der Waals surface area contributed by atoms with Gasteiger partial charge in [-0.1, -0.05) is 0 Å². The Bertz CT molecular complexity index is 549. The van der Waals surface area contributed by atoms with Gasteiger partial charge in [0.1, 0.15) is 0 Å². The molecule has 0 radical (unpaired) electrons. The van der Waals surface area contributed by atoms with Gasteiger partial charge in [-0.25, -0.2) is 18.4 Å². The molecule has 0 aliphatic rings. The molecule has 2 N–H and O–H groups in total. The molecule has 0 saturated heterocycles. The van der Waals surface area contributed by atoms with Crippen LogP contribution in [-0.4, -0.2) is 21.0 Å². The lowest BCUT2D eigenvalue weighted by Gasteiger charge is -2.10. The van der Waals surface area contributed by atoms with Crippen LogP contribution in [0.2, 0.25) is 0 Å². The highest BCUT2D eigenvalue weighted by Crippen LogP contribution is 2.19. The van der Waals surface area contributed by atoms with E-state index in [-0.39, 0.29) is 17.1 Å². The van der Waals surface area contributed by atoms with Gasteiger partial charge in [0.05, 0.1) is 17.1 Å². The number of carbonyl (C=O) groups excluding carboxylic acids is 1. The number of primary sulfonamides is 1. The lowest BCUT2D eigenvalue weighted by Crippen LogP contribution is -2.15. The third kappa shape index (κ3) is 3.04. The third-order valence-electron chi connectivity index (χ3n) is 2.46. The summed E-state index contributed by atoms with van der Waals surface area (Å²) in [5.41, 5.74) is 1.60. The first-order valence-corrected chi connectivity index (χ1v) is 6.63. The molecule has 0 heterocycles. The smallest absolute Gasteiger partial charge is 0.338 e. The fraction of sp³-hybridized carbons (Fsp3) is 0.364. The molecule has 1 aromatic rings. The van der Waals surface area contributed by atoms with Gasteiger partial charge in [-0.15, -0.1) is 0 Å². The molecule has 0 bridgehead atoms. The van der Waals surface area contributed by atoms with Gasteiger partial charge in [-0.2, -0.15) is 0 Å². The van der Waals surface area contributed by atoms with Gasteiger partial charge >= 0.3 is 5.97 Å². The molecule has 5 nitrogen and oxygen atoms in total. The van der Waals surface area contributed by atoms with Gasteiger partial charge < -0.3 is 4.74 Å². The van der Waals surface area contributed by atoms with Crippen molar-refractivity contribution in [3.63, 3.8) is 0 Å². The summed E-state index contributed by atoms with van der Waals surface area (Å²) in [6, 6.07) is 2.68. The number of hydrogen-bond acceptors (Lipinski definition) is 4. The molecular formula is C11H15NO4S. The van der Waals surface area contributed by atoms with Crippen LogP contribution in [0.1, 0.15) is 28.4 Å². The Kier molecular flexibility index (Phi) is 3.90. The molecule has 0 saturated carbocycles. The fourth-order valence-electron chi connectivity index (χ4n) is 1.41. The molecule has 0 atom stereocenters. The summed E-state index contributed by atoms with van der Waals surface area (Å²) in [6.07, 6.45) is 0. The van der Waals surface area contributed by atoms with E-state index in [1.807, 2.05) is 0 Å². The quantitative estimate of drug-likeness (QED) is 0.822. The maximum Gasteiger partial charge on any atom is 0.338 e. The predicted molar refractivity (Wildman–Crippen MR) is 63.2 cm³/mol. The predicted octanol–water partition coefficient (Wildman–Crippen LogP) is 1.13. The summed E-state index contributed by atoms with van der Waals surface area (Å²) in [5, 5.41) is 5.04. The maximum absolute atomic E-state index is 11.6. The zero-order valence-corrected chi connectivity index (χ0v) is 10.8. The van der Waals surface area contributed by atoms with Crippen LogP contribution in [0.3, 0.4) is 0 Å². The van der Waals surface area contributed by atoms with Gasteiger partial charge in [-0.05, 0) is 44.0 Å². The zero-order valence-electron chi connectivity index (χ0n) is 9.98. The topological polar surface area (TPSA) is 86.5 Å². The summed E-state index contributed by atoms with van der Waals surface area (Å²) in [5.74, 6) is -0.543. The Morgan fingerprint density at radius 3 is 2.41 bits per heavy atom. The van der Waals surface area contributed by atoms with E-state index < -0.39 is 16.0 Å². The average molecular weight is 257 g/mol. The molecular weight excluding hydrogens is 242 g/mol. The minimum absolute atomic E-state index is 0.0800. The average Bonchev–Trinajstić information content (AvgIpc) is 2.20. The van der Waals surface area contributed by atoms with E-state index in [0.29, 0.717) is 11.1 Å². The second kappa shape index (κ2) is 4.85. The standard InChI is InChI=1S/C11H15NO4S/c1-4-16-11(13)10-6-9(17(12,14)15)5-7(2)8(10)3/h5-6H,4H2,1-3H3,(H2,12,14,15). The molecule has 94 valence electrons. The van der Waals surface area contributed by atoms with Crippen molar-refractivity contribution in [1.82, 2.24) is 0 Å². The zero-order chi connectivity index (χ0) is 13.2. The molecule has 0 spiro atoms. The SMILES string of the molecule is CCOC(=O)c1cc(S(N)(=O)=O)cc(C)c1C. The number of hydrogen-bond donors (Lipinski definition) is 1. The number of sulfonamides is 1. The Balaban J connectivity index is 3.40. The largest absolute Gasteiger partial charge is 0.462 e. The molecule has 1 aromatic carbocycles. The summed E-state index contributed by atoms with van der Waals surface area (Å²) in [7, 11) is -3.82. The summed E-state index contributed by atoms with van der Waals surface area (Å²) < 4.78 is 27.4. The molecule has 17 heavy (non-hydrogen) atoms. The summed E-state index contributed by atoms with van der Waals surface area (Å²) in [6.45, 7) is 5.36. The van der Waals surface area contributed by atoms with E-state index >= 15 is 0 Å². The first-order valence-electron chi connectivity index (χ1n) is 5.08. The lowest BCUT2D eigenvalue weighted by atomic mass is 10.0. The van der Waals surface area contributed by atoms with Crippen molar-refractivity contribution in [3.8, 4) is 0 Å². The minimum Gasteiger partial charge on any atom is -0.462 e. The number of esters is 1. The van der Waals surface area contributed by atoms with E-state index in [1.165, 1.54) is 12.1 Å². The number of benzene rings is 1. The van der Waals surface area contributed by atoms with Gasteiger partial charge in [0, 0.05) is 0 Å². The van der Waals surface area contributed by atoms with E-state index in [9.17, 15) is 13.2 Å². The van der Waals surface area contributed by atoms with Crippen molar-refractivity contribution >= 4 is 16.0 Å². The first-order chi connectivity index (χ1) is 7.77. The number of ether oxygens (including phenoxy) is 1. The minimum atomic E-state index is -3.82. The molecule has 0 aromatic heterocycles. The van der Waals surface area contributed by atoms with Crippen molar-refractivity contribution in [2.75, 3.05) is 6.61 Å². The van der Waals surface area contributed by atoms with Crippen molar-refractivity contribution in [2.45, 2.75) is 25.7 Å². The van der Waals surface area contributed by atoms with E-state index in [2.05, 4.69) is 0 Å². The highest BCUT2D eigenvalue weighted by atomic mass is 32.2. The van der Waals surface area contributed by atoms with Crippen LogP contribution in [0.5, 0.6) is 0 Å². The van der Waals surface area contributed by atoms with Crippen molar-refractivity contribution in [2.24, 2.45) is 5.14 Å². The fourth-order valence-corrected chi connectivity index (χ4v) is 2.03. The van der Waals surface area contributed by atoms with Gasteiger partial charge in [0.15, 0.2) is 0 Å². The van der Waals surface area contributed by atoms with Crippen LogP contribution >= 0.6 is 0 Å².